The van der Waals surface area contributed by atoms with E-state index < -0.39 is 5.97 Å². The molecule has 3 aromatic rings. The minimum absolute atomic E-state index is 0.198. The highest BCUT2D eigenvalue weighted by atomic mass is 16.5. The second-order valence-electron chi connectivity index (χ2n) is 6.32. The van der Waals surface area contributed by atoms with Gasteiger partial charge in [0.25, 0.3) is 0 Å². The van der Waals surface area contributed by atoms with E-state index >= 15 is 0 Å². The standard InChI is InChI=1S/C22H21NO3/c1-3-15(2)16-8-10-18(11-9-16)21(24)14-26-22(25)20-13-12-17-6-4-5-7-19(17)23-20/h4-13,15H,3,14H2,1-2H3/t15-/m1/s1. The van der Waals surface area contributed by atoms with Gasteiger partial charge in [-0.3, -0.25) is 4.79 Å². The molecule has 0 fully saturated rings. The van der Waals surface area contributed by atoms with E-state index in [9.17, 15) is 9.59 Å². The quantitative estimate of drug-likeness (QED) is 0.475. The number of ether oxygens (including phenoxy) is 1. The van der Waals surface area contributed by atoms with Gasteiger partial charge < -0.3 is 4.74 Å². The maximum atomic E-state index is 12.2. The molecule has 0 amide bonds. The summed E-state index contributed by atoms with van der Waals surface area (Å²) in [4.78, 5) is 28.7. The van der Waals surface area contributed by atoms with Crippen molar-refractivity contribution in [2.24, 2.45) is 0 Å². The van der Waals surface area contributed by atoms with Crippen LogP contribution in [0.15, 0.2) is 60.7 Å². The number of hydrogen-bond acceptors (Lipinski definition) is 4. The number of aromatic nitrogens is 1. The number of Topliss-reactive ketones (excluding diaryl/α,β-unsaturated/α-hetero) is 1. The van der Waals surface area contributed by atoms with Crippen LogP contribution in [-0.2, 0) is 4.74 Å². The smallest absolute Gasteiger partial charge is 0.357 e. The third-order valence-electron chi connectivity index (χ3n) is 4.56. The SMILES string of the molecule is CC[C@@H](C)c1ccc(C(=O)COC(=O)c2ccc3ccccc3n2)cc1. The lowest BCUT2D eigenvalue weighted by atomic mass is 9.97. The molecule has 0 saturated carbocycles. The highest BCUT2D eigenvalue weighted by Crippen LogP contribution is 2.19. The Morgan fingerprint density at radius 2 is 1.73 bits per heavy atom. The van der Waals surface area contributed by atoms with Gasteiger partial charge >= 0.3 is 5.97 Å². The van der Waals surface area contributed by atoms with Crippen LogP contribution in [0.4, 0.5) is 0 Å². The average Bonchev–Trinajstić information content (AvgIpc) is 2.70. The molecular weight excluding hydrogens is 326 g/mol. The van der Waals surface area contributed by atoms with Gasteiger partial charge in [0.15, 0.2) is 12.4 Å². The highest BCUT2D eigenvalue weighted by Gasteiger charge is 2.14. The van der Waals surface area contributed by atoms with E-state index in [1.165, 1.54) is 5.56 Å². The van der Waals surface area contributed by atoms with Gasteiger partial charge in [-0.2, -0.15) is 0 Å². The van der Waals surface area contributed by atoms with Crippen molar-refractivity contribution < 1.29 is 14.3 Å². The minimum atomic E-state index is -0.597. The molecule has 26 heavy (non-hydrogen) atoms. The fourth-order valence-electron chi connectivity index (χ4n) is 2.70. The summed E-state index contributed by atoms with van der Waals surface area (Å²) in [6, 6.07) is 18.4. The van der Waals surface area contributed by atoms with E-state index in [2.05, 4.69) is 18.8 Å². The largest absolute Gasteiger partial charge is 0.453 e. The molecule has 0 unspecified atom stereocenters. The normalized spacial score (nSPS) is 11.9. The van der Waals surface area contributed by atoms with E-state index in [-0.39, 0.29) is 18.1 Å². The molecule has 0 N–H and O–H groups in total. The molecule has 1 heterocycles. The Hall–Kier alpha value is -3.01. The number of rotatable bonds is 6. The number of nitrogens with zero attached hydrogens (tertiary/aromatic N) is 1. The van der Waals surface area contributed by atoms with Crippen molar-refractivity contribution in [3.63, 3.8) is 0 Å². The van der Waals surface area contributed by atoms with E-state index in [1.54, 1.807) is 18.2 Å². The first-order chi connectivity index (χ1) is 12.6. The van der Waals surface area contributed by atoms with Crippen molar-refractivity contribution in [3.8, 4) is 0 Å². The van der Waals surface area contributed by atoms with Crippen LogP contribution in [0.1, 0.15) is 52.6 Å². The molecule has 0 aliphatic heterocycles. The van der Waals surface area contributed by atoms with Gasteiger partial charge in [-0.15, -0.1) is 0 Å². The van der Waals surface area contributed by atoms with Crippen LogP contribution in [0, 0.1) is 0 Å². The van der Waals surface area contributed by atoms with Gasteiger partial charge in [-0.1, -0.05) is 62.4 Å². The molecule has 132 valence electrons. The van der Waals surface area contributed by atoms with Crippen molar-refractivity contribution >= 4 is 22.7 Å². The molecule has 4 heteroatoms. The van der Waals surface area contributed by atoms with Crippen LogP contribution >= 0.6 is 0 Å². The first-order valence-corrected chi connectivity index (χ1v) is 8.74. The zero-order valence-corrected chi connectivity index (χ0v) is 14.9. The molecule has 4 nitrogen and oxygen atoms in total. The summed E-state index contributed by atoms with van der Waals surface area (Å²) < 4.78 is 5.14. The molecule has 0 radical (unpaired) electrons. The molecule has 0 aliphatic carbocycles. The number of carbonyl (C=O) groups excluding carboxylic acids is 2. The number of hydrogen-bond donors (Lipinski definition) is 0. The second kappa shape index (κ2) is 7.91. The number of esters is 1. The molecule has 0 bridgehead atoms. The predicted octanol–water partition coefficient (Wildman–Crippen LogP) is 4.79. The zero-order chi connectivity index (χ0) is 18.5. The van der Waals surface area contributed by atoms with Crippen molar-refractivity contribution in [1.29, 1.82) is 0 Å². The summed E-state index contributed by atoms with van der Waals surface area (Å²) in [6.45, 7) is 3.98. The summed E-state index contributed by atoms with van der Waals surface area (Å²) in [5, 5.41) is 0.946. The predicted molar refractivity (Wildman–Crippen MR) is 102 cm³/mol. The van der Waals surface area contributed by atoms with Crippen molar-refractivity contribution in [1.82, 2.24) is 4.98 Å². The molecule has 1 aromatic heterocycles. The first-order valence-electron chi connectivity index (χ1n) is 8.74. The summed E-state index contributed by atoms with van der Waals surface area (Å²) in [6.07, 6.45) is 1.05. The Balaban J connectivity index is 1.63. The van der Waals surface area contributed by atoms with Gasteiger partial charge in [-0.25, -0.2) is 9.78 Å². The molecule has 0 aliphatic rings. The van der Waals surface area contributed by atoms with Crippen molar-refractivity contribution in [3.05, 3.63) is 77.5 Å². The van der Waals surface area contributed by atoms with Crippen LogP contribution in [0.2, 0.25) is 0 Å². The van der Waals surface area contributed by atoms with Gasteiger partial charge in [-0.05, 0) is 30.0 Å². The number of ketones is 1. The maximum Gasteiger partial charge on any atom is 0.357 e. The third kappa shape index (κ3) is 3.97. The van der Waals surface area contributed by atoms with Crippen molar-refractivity contribution in [2.75, 3.05) is 6.61 Å². The molecule has 1 atom stereocenters. The lowest BCUT2D eigenvalue weighted by Gasteiger charge is -2.09. The Kier molecular flexibility index (Phi) is 5.42. The number of pyridine rings is 1. The van der Waals surface area contributed by atoms with Crippen LogP contribution in [0.25, 0.3) is 10.9 Å². The van der Waals surface area contributed by atoms with Crippen LogP contribution in [-0.4, -0.2) is 23.3 Å². The monoisotopic (exact) mass is 347 g/mol. The molecular formula is C22H21NO3. The van der Waals surface area contributed by atoms with E-state index in [4.69, 9.17) is 4.74 Å². The number of benzene rings is 2. The Morgan fingerprint density at radius 3 is 2.46 bits per heavy atom. The van der Waals surface area contributed by atoms with E-state index in [0.717, 1.165) is 11.8 Å². The average molecular weight is 347 g/mol. The van der Waals surface area contributed by atoms with Gasteiger partial charge in [0, 0.05) is 10.9 Å². The van der Waals surface area contributed by atoms with Gasteiger partial charge in [0.1, 0.15) is 5.69 Å². The van der Waals surface area contributed by atoms with Crippen molar-refractivity contribution in [2.45, 2.75) is 26.2 Å². The fourth-order valence-corrected chi connectivity index (χ4v) is 2.70. The molecule has 3 rings (SSSR count). The van der Waals surface area contributed by atoms with Crippen LogP contribution in [0.5, 0.6) is 0 Å². The molecule has 2 aromatic carbocycles. The lowest BCUT2D eigenvalue weighted by Crippen LogP contribution is -2.15. The summed E-state index contributed by atoms with van der Waals surface area (Å²) >= 11 is 0. The second-order valence-corrected chi connectivity index (χ2v) is 6.32. The summed E-state index contributed by atoms with van der Waals surface area (Å²) in [7, 11) is 0. The number of carbonyl (C=O) groups is 2. The highest BCUT2D eigenvalue weighted by molar-refractivity contribution is 5.99. The molecule has 0 spiro atoms. The third-order valence-corrected chi connectivity index (χ3v) is 4.56. The number of para-hydroxylation sites is 1. The topological polar surface area (TPSA) is 56.3 Å². The number of fused-ring (bicyclic) bond motifs is 1. The van der Waals surface area contributed by atoms with Crippen LogP contribution < -0.4 is 0 Å². The molecule has 0 saturated heterocycles. The first kappa shape index (κ1) is 17.8. The summed E-state index contributed by atoms with van der Waals surface area (Å²) in [5.41, 5.74) is 2.65. The Bertz CT molecular complexity index is 932. The van der Waals surface area contributed by atoms with E-state index in [0.29, 0.717) is 17.0 Å². The van der Waals surface area contributed by atoms with Crippen LogP contribution in [0.3, 0.4) is 0 Å². The fraction of sp³-hybridized carbons (Fsp3) is 0.227. The van der Waals surface area contributed by atoms with Gasteiger partial charge in [0.2, 0.25) is 0 Å². The minimum Gasteiger partial charge on any atom is -0.453 e. The summed E-state index contributed by atoms with van der Waals surface area (Å²) in [5.74, 6) is -0.369. The van der Waals surface area contributed by atoms with E-state index in [1.807, 2.05) is 42.5 Å². The Morgan fingerprint density at radius 1 is 1.00 bits per heavy atom. The Labute approximate surface area is 152 Å². The zero-order valence-electron chi connectivity index (χ0n) is 14.9. The lowest BCUT2D eigenvalue weighted by molar-refractivity contribution is 0.0469. The van der Waals surface area contributed by atoms with Gasteiger partial charge in [0.05, 0.1) is 5.52 Å². The maximum absolute atomic E-state index is 12.2.